The van der Waals surface area contributed by atoms with Gasteiger partial charge in [0.05, 0.1) is 0 Å². The summed E-state index contributed by atoms with van der Waals surface area (Å²) in [6.45, 7) is 2.34. The minimum atomic E-state index is 0.357. The maximum Gasteiger partial charge on any atom is 0.298 e. The molecule has 0 spiro atoms. The lowest BCUT2D eigenvalue weighted by Gasteiger charge is -2.28. The molecule has 2 aromatic carbocycles. The summed E-state index contributed by atoms with van der Waals surface area (Å²) in [5.74, 6) is 1.04. The van der Waals surface area contributed by atoms with Crippen molar-refractivity contribution in [2.24, 2.45) is 0 Å². The predicted octanol–water partition coefficient (Wildman–Crippen LogP) is 2.92. The molecule has 1 unspecified atom stereocenters. The van der Waals surface area contributed by atoms with Gasteiger partial charge in [0.25, 0.3) is 6.47 Å². The van der Waals surface area contributed by atoms with Crippen LogP contribution in [-0.4, -0.2) is 19.6 Å². The van der Waals surface area contributed by atoms with Crippen molar-refractivity contribution < 1.29 is 9.53 Å². The lowest BCUT2D eigenvalue weighted by molar-refractivity contribution is -0.120. The second kappa shape index (κ2) is 5.43. The minimum Gasteiger partial charge on any atom is -0.428 e. The number of carbonyl (C=O) groups is 1. The molecule has 0 radical (unpaired) electrons. The maximum atomic E-state index is 10.8. The van der Waals surface area contributed by atoms with Gasteiger partial charge in [-0.25, -0.2) is 0 Å². The average molecular weight is 291 g/mol. The van der Waals surface area contributed by atoms with Crippen LogP contribution in [0.4, 0.5) is 0 Å². The van der Waals surface area contributed by atoms with E-state index in [0.29, 0.717) is 18.1 Å². The molecule has 0 bridgehead atoms. The lowest BCUT2D eigenvalue weighted by atomic mass is 9.76. The zero-order valence-electron chi connectivity index (χ0n) is 12.2. The molecule has 1 atom stereocenters. The molecular formula is C19H17NO2. The van der Waals surface area contributed by atoms with E-state index in [1.165, 1.54) is 22.3 Å². The normalized spacial score (nSPS) is 19.5. The van der Waals surface area contributed by atoms with Crippen LogP contribution in [0.5, 0.6) is 5.75 Å². The summed E-state index contributed by atoms with van der Waals surface area (Å²) in [6, 6.07) is 16.6. The minimum absolute atomic E-state index is 0.357. The Labute approximate surface area is 129 Å². The Balaban J connectivity index is 1.86. The molecule has 1 N–H and O–H groups in total. The highest BCUT2D eigenvalue weighted by Gasteiger charge is 2.32. The van der Waals surface area contributed by atoms with Crippen molar-refractivity contribution >= 4 is 12.0 Å². The van der Waals surface area contributed by atoms with Gasteiger partial charge in [-0.05, 0) is 34.8 Å². The van der Waals surface area contributed by atoms with E-state index in [2.05, 4.69) is 35.6 Å². The highest BCUT2D eigenvalue weighted by molar-refractivity contribution is 5.80. The lowest BCUT2D eigenvalue weighted by Crippen LogP contribution is -2.16. The Hall–Kier alpha value is -2.39. The van der Waals surface area contributed by atoms with E-state index in [4.69, 9.17) is 4.74 Å². The van der Waals surface area contributed by atoms with E-state index in [1.807, 2.05) is 18.2 Å². The van der Waals surface area contributed by atoms with Crippen LogP contribution in [0.15, 0.2) is 54.1 Å². The molecular weight excluding hydrogens is 274 g/mol. The molecule has 1 aliphatic carbocycles. The third kappa shape index (κ3) is 2.06. The Morgan fingerprint density at radius 2 is 1.91 bits per heavy atom. The number of rotatable bonds is 3. The summed E-state index contributed by atoms with van der Waals surface area (Å²) in [5.41, 5.74) is 6.54. The van der Waals surface area contributed by atoms with Gasteiger partial charge in [-0.15, -0.1) is 0 Å². The molecule has 3 heteroatoms. The molecule has 22 heavy (non-hydrogen) atoms. The second-order valence-electron chi connectivity index (χ2n) is 5.77. The van der Waals surface area contributed by atoms with Gasteiger partial charge in [-0.2, -0.15) is 0 Å². The van der Waals surface area contributed by atoms with Crippen LogP contribution in [0.2, 0.25) is 0 Å². The van der Waals surface area contributed by atoms with Gasteiger partial charge < -0.3 is 10.1 Å². The first-order chi connectivity index (χ1) is 10.9. The summed E-state index contributed by atoms with van der Waals surface area (Å²) < 4.78 is 5.21. The topological polar surface area (TPSA) is 38.3 Å². The van der Waals surface area contributed by atoms with Gasteiger partial charge in [0, 0.05) is 24.6 Å². The van der Waals surface area contributed by atoms with E-state index >= 15 is 0 Å². The van der Waals surface area contributed by atoms with Crippen LogP contribution in [0.3, 0.4) is 0 Å². The molecule has 0 aromatic heterocycles. The quantitative estimate of drug-likeness (QED) is 0.884. The average Bonchev–Trinajstić information content (AvgIpc) is 3.05. The molecule has 3 nitrogen and oxygen atoms in total. The number of carbonyl (C=O) groups excluding carboxylic acids is 1. The maximum absolute atomic E-state index is 10.8. The monoisotopic (exact) mass is 291 g/mol. The van der Waals surface area contributed by atoms with Gasteiger partial charge >= 0.3 is 0 Å². The van der Waals surface area contributed by atoms with Gasteiger partial charge in [0.1, 0.15) is 5.75 Å². The Bertz CT molecular complexity index is 749. The van der Waals surface area contributed by atoms with Crippen molar-refractivity contribution in [3.8, 4) is 5.75 Å². The van der Waals surface area contributed by atoms with E-state index in [1.54, 1.807) is 0 Å². The number of hydrogen-bond donors (Lipinski definition) is 1. The second-order valence-corrected chi connectivity index (χ2v) is 5.77. The fraction of sp³-hybridized carbons (Fsp3) is 0.211. The van der Waals surface area contributed by atoms with Crippen LogP contribution in [0, 0.1) is 0 Å². The number of ether oxygens (including phenoxy) is 1. The summed E-state index contributed by atoms with van der Waals surface area (Å²) in [7, 11) is 0. The standard InChI is InChI=1S/C19H17NO2/c21-12-22-19-8-4-7-14-16(19)9-15(13-5-2-1-3-6-13)18-11-20-10-17(14)18/h1-8,12,15,20H,9-11H2. The Morgan fingerprint density at radius 3 is 2.73 bits per heavy atom. The van der Waals surface area contributed by atoms with Crippen molar-refractivity contribution in [3.63, 3.8) is 0 Å². The smallest absolute Gasteiger partial charge is 0.298 e. The molecule has 2 aromatic rings. The first-order valence-electron chi connectivity index (χ1n) is 7.58. The SMILES string of the molecule is O=COc1cccc2c1CC(c1ccccc1)C1=C2CNC1. The van der Waals surface area contributed by atoms with Crippen LogP contribution in [0.25, 0.3) is 5.57 Å². The molecule has 1 heterocycles. The highest BCUT2D eigenvalue weighted by atomic mass is 16.5. The summed E-state index contributed by atoms with van der Waals surface area (Å²) in [6.07, 6.45) is 0.879. The predicted molar refractivity (Wildman–Crippen MR) is 85.8 cm³/mol. The van der Waals surface area contributed by atoms with Gasteiger partial charge in [-0.3, -0.25) is 4.79 Å². The largest absolute Gasteiger partial charge is 0.428 e. The van der Waals surface area contributed by atoms with Crippen molar-refractivity contribution in [3.05, 3.63) is 70.8 Å². The first kappa shape index (κ1) is 13.3. The van der Waals surface area contributed by atoms with Crippen molar-refractivity contribution in [1.82, 2.24) is 5.32 Å². The third-order valence-corrected chi connectivity index (χ3v) is 4.67. The van der Waals surface area contributed by atoms with Crippen LogP contribution >= 0.6 is 0 Å². The van der Waals surface area contributed by atoms with Gasteiger partial charge in [-0.1, -0.05) is 42.5 Å². The van der Waals surface area contributed by atoms with Crippen LogP contribution < -0.4 is 10.1 Å². The molecule has 4 rings (SSSR count). The molecule has 0 fully saturated rings. The Kier molecular flexibility index (Phi) is 3.28. The highest BCUT2D eigenvalue weighted by Crippen LogP contribution is 2.44. The molecule has 1 aliphatic heterocycles. The molecule has 110 valence electrons. The third-order valence-electron chi connectivity index (χ3n) is 4.67. The summed E-state index contributed by atoms with van der Waals surface area (Å²) in [5, 5.41) is 3.47. The van der Waals surface area contributed by atoms with E-state index in [0.717, 1.165) is 25.1 Å². The van der Waals surface area contributed by atoms with Gasteiger partial charge in [0.15, 0.2) is 0 Å². The summed E-state index contributed by atoms with van der Waals surface area (Å²) in [4.78, 5) is 10.8. The van der Waals surface area contributed by atoms with E-state index in [-0.39, 0.29) is 0 Å². The zero-order chi connectivity index (χ0) is 14.9. The molecule has 2 aliphatic rings. The van der Waals surface area contributed by atoms with Crippen LogP contribution in [-0.2, 0) is 11.2 Å². The van der Waals surface area contributed by atoms with Crippen molar-refractivity contribution in [2.75, 3.05) is 13.1 Å². The first-order valence-corrected chi connectivity index (χ1v) is 7.58. The number of hydrogen-bond acceptors (Lipinski definition) is 3. The molecule has 0 saturated carbocycles. The van der Waals surface area contributed by atoms with Crippen molar-refractivity contribution in [1.29, 1.82) is 0 Å². The Morgan fingerprint density at radius 1 is 1.05 bits per heavy atom. The van der Waals surface area contributed by atoms with Gasteiger partial charge in [0.2, 0.25) is 0 Å². The number of fused-ring (bicyclic) bond motifs is 2. The zero-order valence-corrected chi connectivity index (χ0v) is 12.2. The van der Waals surface area contributed by atoms with E-state index < -0.39 is 0 Å². The van der Waals surface area contributed by atoms with Crippen LogP contribution in [0.1, 0.15) is 22.6 Å². The van der Waals surface area contributed by atoms with Crippen molar-refractivity contribution in [2.45, 2.75) is 12.3 Å². The van der Waals surface area contributed by atoms with E-state index in [9.17, 15) is 4.79 Å². The fourth-order valence-corrected chi connectivity index (χ4v) is 3.70. The molecule has 0 saturated heterocycles. The number of nitrogens with one attached hydrogen (secondary N) is 1. The number of benzene rings is 2. The summed E-state index contributed by atoms with van der Waals surface area (Å²) >= 11 is 0. The fourth-order valence-electron chi connectivity index (χ4n) is 3.70. The molecule has 0 amide bonds.